The van der Waals surface area contributed by atoms with Gasteiger partial charge in [-0.15, -0.1) is 0 Å². The maximum absolute atomic E-state index is 12.1. The van der Waals surface area contributed by atoms with Crippen molar-refractivity contribution < 1.29 is 9.00 Å². The first-order chi connectivity index (χ1) is 9.95. The largest absolute Gasteiger partial charge is 0.398 e. The molecule has 1 amide bonds. The third kappa shape index (κ3) is 4.16. The predicted molar refractivity (Wildman–Crippen MR) is 86.7 cm³/mol. The summed E-state index contributed by atoms with van der Waals surface area (Å²) >= 11 is 0. The monoisotopic (exact) mass is 302 g/mol. The molecular weight excluding hydrogens is 284 g/mol. The molecule has 0 radical (unpaired) electrons. The summed E-state index contributed by atoms with van der Waals surface area (Å²) in [6.45, 7) is 3.82. The lowest BCUT2D eigenvalue weighted by Gasteiger charge is -2.08. The van der Waals surface area contributed by atoms with Crippen LogP contribution in [0.5, 0.6) is 0 Å². The first-order valence-corrected chi connectivity index (χ1v) is 7.88. The summed E-state index contributed by atoms with van der Waals surface area (Å²) in [4.78, 5) is 12.6. The van der Waals surface area contributed by atoms with Gasteiger partial charge in [0.1, 0.15) is 5.75 Å². The summed E-state index contributed by atoms with van der Waals surface area (Å²) in [7, 11) is -1.35. The molecule has 0 aliphatic heterocycles. The molecule has 0 aliphatic carbocycles. The minimum atomic E-state index is -1.35. The van der Waals surface area contributed by atoms with Gasteiger partial charge in [0, 0.05) is 16.3 Å². The van der Waals surface area contributed by atoms with E-state index in [1.807, 2.05) is 38.1 Å². The topological polar surface area (TPSA) is 72.2 Å². The molecule has 0 saturated heterocycles. The molecule has 4 nitrogen and oxygen atoms in total. The van der Waals surface area contributed by atoms with Gasteiger partial charge in [0.05, 0.1) is 10.8 Å². The quantitative estimate of drug-likeness (QED) is 0.853. The number of aryl methyl sites for hydroxylation is 2. The third-order valence-electron chi connectivity index (χ3n) is 3.08. The molecule has 0 heterocycles. The fraction of sp³-hybridized carbons (Fsp3) is 0.188. The minimum Gasteiger partial charge on any atom is -0.398 e. The molecule has 1 unspecified atom stereocenters. The number of hydrogen-bond donors (Lipinski definition) is 2. The van der Waals surface area contributed by atoms with Crippen LogP contribution in [-0.2, 0) is 15.6 Å². The van der Waals surface area contributed by atoms with E-state index in [2.05, 4.69) is 5.32 Å². The van der Waals surface area contributed by atoms with Crippen LogP contribution in [0.3, 0.4) is 0 Å². The van der Waals surface area contributed by atoms with E-state index in [0.29, 0.717) is 16.3 Å². The second kappa shape index (κ2) is 6.54. The van der Waals surface area contributed by atoms with E-state index in [0.717, 1.165) is 11.1 Å². The number of carbonyl (C=O) groups is 1. The van der Waals surface area contributed by atoms with Gasteiger partial charge in [-0.05, 0) is 49.2 Å². The highest BCUT2D eigenvalue weighted by Crippen LogP contribution is 2.17. The van der Waals surface area contributed by atoms with Crippen LogP contribution < -0.4 is 11.1 Å². The molecule has 0 saturated carbocycles. The number of nitrogen functional groups attached to an aromatic ring is 1. The van der Waals surface area contributed by atoms with Crippen LogP contribution in [0.15, 0.2) is 47.4 Å². The first-order valence-electron chi connectivity index (χ1n) is 6.57. The number of hydrogen-bond acceptors (Lipinski definition) is 3. The van der Waals surface area contributed by atoms with Gasteiger partial charge in [0.15, 0.2) is 0 Å². The van der Waals surface area contributed by atoms with Crippen molar-refractivity contribution in [2.24, 2.45) is 0 Å². The molecule has 0 fully saturated rings. The van der Waals surface area contributed by atoms with Gasteiger partial charge in [0.25, 0.3) is 0 Å². The van der Waals surface area contributed by atoms with Crippen LogP contribution in [0.25, 0.3) is 0 Å². The highest BCUT2D eigenvalue weighted by Gasteiger charge is 2.11. The molecule has 2 aromatic rings. The van der Waals surface area contributed by atoms with Gasteiger partial charge < -0.3 is 11.1 Å². The number of nitrogens with one attached hydrogen (secondary N) is 1. The molecule has 5 heteroatoms. The van der Waals surface area contributed by atoms with Crippen molar-refractivity contribution >= 4 is 28.1 Å². The van der Waals surface area contributed by atoms with Crippen LogP contribution in [0.2, 0.25) is 0 Å². The lowest BCUT2D eigenvalue weighted by atomic mass is 10.2. The van der Waals surface area contributed by atoms with Crippen LogP contribution >= 0.6 is 0 Å². The maximum atomic E-state index is 12.1. The fourth-order valence-corrected chi connectivity index (χ4v) is 2.90. The molecule has 110 valence electrons. The van der Waals surface area contributed by atoms with Gasteiger partial charge in [-0.2, -0.15) is 0 Å². The standard InChI is InChI=1S/C16H18N2O2S/c1-11-4-3-5-14(8-11)21(20)10-16(19)18-13-7-6-12(2)15(17)9-13/h3-9H,10,17H2,1-2H3,(H,18,19). The van der Waals surface area contributed by atoms with Crippen molar-refractivity contribution in [1.29, 1.82) is 0 Å². The van der Waals surface area contributed by atoms with E-state index in [4.69, 9.17) is 5.73 Å². The third-order valence-corrected chi connectivity index (χ3v) is 4.38. The van der Waals surface area contributed by atoms with Gasteiger partial charge in [-0.25, -0.2) is 0 Å². The number of rotatable bonds is 4. The van der Waals surface area contributed by atoms with E-state index in [9.17, 15) is 9.00 Å². The lowest BCUT2D eigenvalue weighted by molar-refractivity contribution is -0.113. The van der Waals surface area contributed by atoms with E-state index < -0.39 is 10.8 Å². The van der Waals surface area contributed by atoms with Crippen LogP contribution in [0.4, 0.5) is 11.4 Å². The molecule has 0 aliphatic rings. The summed E-state index contributed by atoms with van der Waals surface area (Å²) in [6.07, 6.45) is 0. The molecular formula is C16H18N2O2S. The second-order valence-electron chi connectivity index (χ2n) is 4.93. The first kappa shape index (κ1) is 15.3. The van der Waals surface area contributed by atoms with Crippen LogP contribution in [0.1, 0.15) is 11.1 Å². The van der Waals surface area contributed by atoms with Crippen LogP contribution in [0, 0.1) is 13.8 Å². The van der Waals surface area contributed by atoms with Crippen molar-refractivity contribution in [3.05, 3.63) is 53.6 Å². The Morgan fingerprint density at radius 1 is 1.19 bits per heavy atom. The number of amides is 1. The van der Waals surface area contributed by atoms with Crippen LogP contribution in [-0.4, -0.2) is 15.9 Å². The molecule has 0 aromatic heterocycles. The Kier molecular flexibility index (Phi) is 4.75. The summed E-state index contributed by atoms with van der Waals surface area (Å²) in [5.74, 6) is -0.366. The molecule has 0 spiro atoms. The lowest BCUT2D eigenvalue weighted by Crippen LogP contribution is -2.19. The van der Waals surface area contributed by atoms with Gasteiger partial charge in [-0.1, -0.05) is 18.2 Å². The smallest absolute Gasteiger partial charge is 0.237 e. The van der Waals surface area contributed by atoms with E-state index in [1.54, 1.807) is 18.2 Å². The second-order valence-corrected chi connectivity index (χ2v) is 6.38. The van der Waals surface area contributed by atoms with Crippen molar-refractivity contribution in [2.75, 3.05) is 16.8 Å². The Bertz CT molecular complexity index is 698. The van der Waals surface area contributed by atoms with Gasteiger partial charge in [0.2, 0.25) is 5.91 Å². The molecule has 3 N–H and O–H groups in total. The van der Waals surface area contributed by atoms with Crippen molar-refractivity contribution in [3.8, 4) is 0 Å². The Morgan fingerprint density at radius 3 is 2.62 bits per heavy atom. The summed E-state index contributed by atoms with van der Waals surface area (Å²) in [5, 5.41) is 2.71. The highest BCUT2D eigenvalue weighted by molar-refractivity contribution is 7.85. The average Bonchev–Trinajstić information content (AvgIpc) is 2.43. The van der Waals surface area contributed by atoms with Gasteiger partial charge in [-0.3, -0.25) is 9.00 Å². The maximum Gasteiger partial charge on any atom is 0.237 e. The summed E-state index contributed by atoms with van der Waals surface area (Å²) < 4.78 is 12.1. The number of carbonyl (C=O) groups excluding carboxylic acids is 1. The fourth-order valence-electron chi connectivity index (χ4n) is 1.87. The minimum absolute atomic E-state index is 0.0722. The Labute approximate surface area is 126 Å². The molecule has 21 heavy (non-hydrogen) atoms. The average molecular weight is 302 g/mol. The van der Waals surface area contributed by atoms with E-state index in [-0.39, 0.29) is 11.7 Å². The molecule has 0 bridgehead atoms. The SMILES string of the molecule is Cc1cccc(S(=O)CC(=O)Nc2ccc(C)c(N)c2)c1. The zero-order valence-electron chi connectivity index (χ0n) is 12.1. The molecule has 2 rings (SSSR count). The summed E-state index contributed by atoms with van der Waals surface area (Å²) in [6, 6.07) is 12.7. The van der Waals surface area contributed by atoms with Crippen molar-refractivity contribution in [2.45, 2.75) is 18.7 Å². The Balaban J connectivity index is 2.01. The number of nitrogens with two attached hydrogens (primary N) is 1. The molecule has 2 aromatic carbocycles. The Morgan fingerprint density at radius 2 is 1.95 bits per heavy atom. The zero-order chi connectivity index (χ0) is 15.4. The van der Waals surface area contributed by atoms with Gasteiger partial charge >= 0.3 is 0 Å². The summed E-state index contributed by atoms with van der Waals surface area (Å²) in [5.41, 5.74) is 9.00. The van der Waals surface area contributed by atoms with E-state index >= 15 is 0 Å². The van der Waals surface area contributed by atoms with Crippen molar-refractivity contribution in [3.63, 3.8) is 0 Å². The normalized spacial score (nSPS) is 11.9. The number of anilines is 2. The number of benzene rings is 2. The molecule has 1 atom stereocenters. The highest BCUT2D eigenvalue weighted by atomic mass is 32.2. The van der Waals surface area contributed by atoms with Crippen molar-refractivity contribution in [1.82, 2.24) is 0 Å². The van der Waals surface area contributed by atoms with E-state index in [1.165, 1.54) is 0 Å². The predicted octanol–water partition coefficient (Wildman–Crippen LogP) is 2.63. The zero-order valence-corrected chi connectivity index (χ0v) is 12.9. The Hall–Kier alpha value is -2.14.